The average Bonchev–Trinajstić information content (AvgIpc) is 3.41. The lowest BCUT2D eigenvalue weighted by atomic mass is 9.93. The molecule has 1 atom stereocenters. The Labute approximate surface area is 201 Å². The molecule has 35 heavy (non-hydrogen) atoms. The molecule has 2 N–H and O–H groups in total. The molecule has 0 spiro atoms. The van der Waals surface area contributed by atoms with Crippen LogP contribution in [0.25, 0.3) is 10.9 Å². The van der Waals surface area contributed by atoms with Gasteiger partial charge < -0.3 is 15.2 Å². The number of aromatic nitrogens is 1. The van der Waals surface area contributed by atoms with Gasteiger partial charge in [0.05, 0.1) is 17.7 Å². The van der Waals surface area contributed by atoms with Crippen LogP contribution in [0.1, 0.15) is 50.0 Å². The van der Waals surface area contributed by atoms with E-state index in [1.54, 1.807) is 11.5 Å². The van der Waals surface area contributed by atoms with E-state index in [2.05, 4.69) is 10.6 Å². The first kappa shape index (κ1) is 23.0. The number of nitrogens with zero attached hydrogens (tertiary/aromatic N) is 2. The van der Waals surface area contributed by atoms with Crippen LogP contribution in [0, 0.1) is 11.6 Å². The number of halogens is 2. The Morgan fingerprint density at radius 2 is 1.69 bits per heavy atom. The number of benzene rings is 2. The highest BCUT2D eigenvalue weighted by molar-refractivity contribution is 6.20. The van der Waals surface area contributed by atoms with Gasteiger partial charge >= 0.3 is 0 Å². The molecule has 1 saturated carbocycles. The van der Waals surface area contributed by atoms with Crippen LogP contribution in [0.4, 0.5) is 20.2 Å². The van der Waals surface area contributed by atoms with E-state index in [9.17, 15) is 23.2 Å². The Bertz CT molecular complexity index is 1340. The van der Waals surface area contributed by atoms with Crippen molar-refractivity contribution in [3.05, 3.63) is 59.8 Å². The largest absolute Gasteiger partial charge is 0.351 e. The van der Waals surface area contributed by atoms with Gasteiger partial charge in [0, 0.05) is 24.0 Å². The number of hydrogen-bond acceptors (Lipinski definition) is 3. The molecule has 3 amide bonds. The Kier molecular flexibility index (Phi) is 5.57. The first-order chi connectivity index (χ1) is 16.7. The highest BCUT2D eigenvalue weighted by Gasteiger charge is 2.50. The van der Waals surface area contributed by atoms with Crippen LogP contribution in [0.2, 0.25) is 0 Å². The van der Waals surface area contributed by atoms with Crippen LogP contribution in [0.15, 0.2) is 42.5 Å². The SMILES string of the molecule is CC(=O)Nc1c2n(c3ccc(F)cc13)CC(C)(C(=O)NC1CCCC1)N(c1ccc(F)cc1)C2=O. The third-order valence-corrected chi connectivity index (χ3v) is 6.96. The molecule has 1 aliphatic carbocycles. The molecule has 2 heterocycles. The van der Waals surface area contributed by atoms with Gasteiger partial charge in [-0.05, 0) is 62.2 Å². The van der Waals surface area contributed by atoms with Gasteiger partial charge in [0.2, 0.25) is 11.8 Å². The number of carbonyl (C=O) groups excluding carboxylic acids is 3. The van der Waals surface area contributed by atoms with Crippen molar-refractivity contribution in [1.29, 1.82) is 0 Å². The first-order valence-corrected chi connectivity index (χ1v) is 11.7. The lowest BCUT2D eigenvalue weighted by Crippen LogP contribution is -2.65. The molecule has 3 aromatic rings. The Balaban J connectivity index is 1.71. The number of hydrogen-bond donors (Lipinski definition) is 2. The number of anilines is 2. The number of carbonyl (C=O) groups is 3. The van der Waals surface area contributed by atoms with Crippen molar-refractivity contribution in [3.63, 3.8) is 0 Å². The summed E-state index contributed by atoms with van der Waals surface area (Å²) in [5.74, 6) is -2.28. The van der Waals surface area contributed by atoms with Gasteiger partial charge in [-0.15, -0.1) is 0 Å². The fraction of sp³-hybridized carbons (Fsp3) is 0.346. The smallest absolute Gasteiger partial charge is 0.278 e. The number of fused-ring (bicyclic) bond motifs is 3. The second kappa shape index (κ2) is 8.48. The Hall–Kier alpha value is -3.75. The van der Waals surface area contributed by atoms with E-state index < -0.39 is 29.0 Å². The summed E-state index contributed by atoms with van der Waals surface area (Å²) in [4.78, 5) is 41.2. The number of rotatable bonds is 4. The van der Waals surface area contributed by atoms with E-state index in [1.807, 2.05) is 0 Å². The molecule has 5 rings (SSSR count). The molecular formula is C26H26F2N4O3. The maximum Gasteiger partial charge on any atom is 0.278 e. The van der Waals surface area contributed by atoms with Crippen molar-refractivity contribution in [1.82, 2.24) is 9.88 Å². The summed E-state index contributed by atoms with van der Waals surface area (Å²) in [6, 6.07) is 9.45. The zero-order valence-electron chi connectivity index (χ0n) is 19.5. The minimum Gasteiger partial charge on any atom is -0.351 e. The summed E-state index contributed by atoms with van der Waals surface area (Å²) in [5, 5.41) is 6.14. The minimum absolute atomic E-state index is 0.0244. The standard InChI is InChI=1S/C26H26F2N4O3/c1-15(33)29-22-20-13-17(28)9-12-21(20)31-14-26(2,25(35)30-18-5-3-4-6-18)32(24(34)23(22)31)19-10-7-16(27)8-11-19/h7-13,18H,3-6,14H2,1-2H3,(H,29,33)(H,30,35). The number of amides is 3. The molecule has 1 aliphatic heterocycles. The first-order valence-electron chi connectivity index (χ1n) is 11.7. The predicted molar refractivity (Wildman–Crippen MR) is 128 cm³/mol. The molecule has 1 fully saturated rings. The molecule has 1 aromatic heterocycles. The van der Waals surface area contributed by atoms with Crippen molar-refractivity contribution in [2.45, 2.75) is 57.7 Å². The van der Waals surface area contributed by atoms with E-state index in [-0.39, 0.29) is 29.9 Å². The third kappa shape index (κ3) is 3.84. The van der Waals surface area contributed by atoms with Gasteiger partial charge in [-0.25, -0.2) is 8.78 Å². The minimum atomic E-state index is -1.36. The van der Waals surface area contributed by atoms with Gasteiger partial charge in [-0.2, -0.15) is 0 Å². The highest BCUT2D eigenvalue weighted by Crippen LogP contribution is 2.41. The molecular weight excluding hydrogens is 454 g/mol. The maximum atomic E-state index is 14.2. The quantitative estimate of drug-likeness (QED) is 0.582. The van der Waals surface area contributed by atoms with E-state index in [0.29, 0.717) is 16.6 Å². The van der Waals surface area contributed by atoms with Crippen molar-refractivity contribution in [2.75, 3.05) is 10.2 Å². The molecule has 0 saturated heterocycles. The third-order valence-electron chi connectivity index (χ3n) is 6.96. The lowest BCUT2D eigenvalue weighted by Gasteiger charge is -2.44. The second-order valence-corrected chi connectivity index (χ2v) is 9.50. The zero-order valence-corrected chi connectivity index (χ0v) is 19.5. The molecule has 2 aliphatic rings. The fourth-order valence-electron chi connectivity index (χ4n) is 5.30. The molecule has 0 radical (unpaired) electrons. The summed E-state index contributed by atoms with van der Waals surface area (Å²) in [5.41, 5.74) is -0.175. The monoisotopic (exact) mass is 480 g/mol. The van der Waals surface area contributed by atoms with Crippen molar-refractivity contribution >= 4 is 40.0 Å². The van der Waals surface area contributed by atoms with Gasteiger partial charge in [0.25, 0.3) is 5.91 Å². The maximum absolute atomic E-state index is 14.2. The summed E-state index contributed by atoms with van der Waals surface area (Å²) in [6.07, 6.45) is 3.80. The zero-order chi connectivity index (χ0) is 24.9. The molecule has 0 bridgehead atoms. The molecule has 9 heteroatoms. The van der Waals surface area contributed by atoms with Crippen LogP contribution >= 0.6 is 0 Å². The van der Waals surface area contributed by atoms with Crippen LogP contribution in [0.3, 0.4) is 0 Å². The van der Waals surface area contributed by atoms with Crippen molar-refractivity contribution in [3.8, 4) is 0 Å². The van der Waals surface area contributed by atoms with Crippen molar-refractivity contribution in [2.24, 2.45) is 0 Å². The van der Waals surface area contributed by atoms with E-state index in [0.717, 1.165) is 25.7 Å². The molecule has 1 unspecified atom stereocenters. The van der Waals surface area contributed by atoms with Crippen LogP contribution in [-0.2, 0) is 16.1 Å². The topological polar surface area (TPSA) is 83.4 Å². The van der Waals surface area contributed by atoms with E-state index in [1.165, 1.54) is 54.3 Å². The second-order valence-electron chi connectivity index (χ2n) is 9.50. The van der Waals surface area contributed by atoms with Gasteiger partial charge in [0.15, 0.2) is 0 Å². The lowest BCUT2D eigenvalue weighted by molar-refractivity contribution is -0.127. The molecule has 2 aromatic carbocycles. The molecule has 182 valence electrons. The summed E-state index contributed by atoms with van der Waals surface area (Å²) in [7, 11) is 0. The summed E-state index contributed by atoms with van der Waals surface area (Å²) < 4.78 is 29.6. The Morgan fingerprint density at radius 3 is 2.34 bits per heavy atom. The summed E-state index contributed by atoms with van der Waals surface area (Å²) in [6.45, 7) is 3.04. The van der Waals surface area contributed by atoms with Crippen LogP contribution in [-0.4, -0.2) is 33.9 Å². The van der Waals surface area contributed by atoms with E-state index in [4.69, 9.17) is 0 Å². The fourth-order valence-corrected chi connectivity index (χ4v) is 5.30. The van der Waals surface area contributed by atoms with Gasteiger partial charge in [-0.1, -0.05) is 12.8 Å². The Morgan fingerprint density at radius 1 is 1.03 bits per heavy atom. The van der Waals surface area contributed by atoms with Gasteiger partial charge in [-0.3, -0.25) is 19.3 Å². The number of nitrogens with one attached hydrogen (secondary N) is 2. The van der Waals surface area contributed by atoms with Crippen molar-refractivity contribution < 1.29 is 23.2 Å². The summed E-state index contributed by atoms with van der Waals surface area (Å²) >= 11 is 0. The average molecular weight is 481 g/mol. The van der Waals surface area contributed by atoms with Crippen LogP contribution in [0.5, 0.6) is 0 Å². The van der Waals surface area contributed by atoms with Crippen LogP contribution < -0.4 is 15.5 Å². The van der Waals surface area contributed by atoms with E-state index >= 15 is 0 Å². The highest BCUT2D eigenvalue weighted by atomic mass is 19.1. The van der Waals surface area contributed by atoms with Gasteiger partial charge in [0.1, 0.15) is 22.9 Å². The predicted octanol–water partition coefficient (Wildman–Crippen LogP) is 4.36. The molecule has 7 nitrogen and oxygen atoms in total. The normalized spacial score (nSPS) is 20.2.